The van der Waals surface area contributed by atoms with E-state index in [4.69, 9.17) is 9.84 Å². The van der Waals surface area contributed by atoms with Gasteiger partial charge in [0.2, 0.25) is 0 Å². The van der Waals surface area contributed by atoms with Crippen LogP contribution in [0.2, 0.25) is 0 Å². The predicted octanol–water partition coefficient (Wildman–Crippen LogP) is -0.237. The topological polar surface area (TPSA) is 49.7 Å². The molecule has 3 nitrogen and oxygen atoms in total. The van der Waals surface area contributed by atoms with Crippen LogP contribution in [-0.4, -0.2) is 35.1 Å². The quantitative estimate of drug-likeness (QED) is 0.496. The van der Waals surface area contributed by atoms with E-state index in [1.165, 1.54) is 0 Å². The third-order valence-corrected chi connectivity index (χ3v) is 2.20. The van der Waals surface area contributed by atoms with Crippen LogP contribution < -0.4 is 0 Å². The van der Waals surface area contributed by atoms with Crippen molar-refractivity contribution in [2.24, 2.45) is 5.92 Å². The van der Waals surface area contributed by atoms with Gasteiger partial charge >= 0.3 is 0 Å². The van der Waals surface area contributed by atoms with Crippen molar-refractivity contribution >= 4 is 0 Å². The molecule has 1 unspecified atom stereocenters. The molecule has 1 fully saturated rings. The van der Waals surface area contributed by atoms with E-state index in [1.54, 1.807) is 0 Å². The monoisotopic (exact) mass is 146 g/mol. The van der Waals surface area contributed by atoms with Crippen molar-refractivity contribution in [1.29, 1.82) is 0 Å². The minimum atomic E-state index is -0.703. The van der Waals surface area contributed by atoms with Gasteiger partial charge in [-0.05, 0) is 6.92 Å². The Morgan fingerprint density at radius 3 is 2.40 bits per heavy atom. The summed E-state index contributed by atoms with van der Waals surface area (Å²) in [6.45, 7) is 4.03. The van der Waals surface area contributed by atoms with Crippen molar-refractivity contribution in [3.8, 4) is 0 Å². The summed E-state index contributed by atoms with van der Waals surface area (Å²) in [6.07, 6.45) is -1.27. The van der Waals surface area contributed by atoms with Crippen LogP contribution in [0.15, 0.2) is 0 Å². The molecule has 0 aromatic rings. The Hall–Kier alpha value is -0.120. The zero-order chi connectivity index (χ0) is 7.72. The number of rotatable bonds is 0. The third kappa shape index (κ3) is 1.31. The second-order valence-electron chi connectivity index (χ2n) is 2.96. The van der Waals surface area contributed by atoms with Crippen LogP contribution in [0.5, 0.6) is 0 Å². The highest BCUT2D eigenvalue weighted by Crippen LogP contribution is 2.20. The van der Waals surface area contributed by atoms with Gasteiger partial charge in [-0.3, -0.25) is 0 Å². The van der Waals surface area contributed by atoms with Gasteiger partial charge < -0.3 is 14.9 Å². The number of hydrogen-bond donors (Lipinski definition) is 2. The molecule has 0 aromatic heterocycles. The van der Waals surface area contributed by atoms with Gasteiger partial charge in [0.25, 0.3) is 0 Å². The van der Waals surface area contributed by atoms with Crippen molar-refractivity contribution < 1.29 is 14.9 Å². The van der Waals surface area contributed by atoms with Crippen LogP contribution in [0.25, 0.3) is 0 Å². The van der Waals surface area contributed by atoms with Gasteiger partial charge in [0.1, 0.15) is 6.10 Å². The fraction of sp³-hybridized carbons (Fsp3) is 1.00. The summed E-state index contributed by atoms with van der Waals surface area (Å²) in [5.41, 5.74) is 0. The van der Waals surface area contributed by atoms with E-state index in [2.05, 4.69) is 0 Å². The van der Waals surface area contributed by atoms with E-state index in [-0.39, 0.29) is 18.6 Å². The molecule has 0 bridgehead atoms. The Balaban J connectivity index is 2.52. The molecule has 4 atom stereocenters. The van der Waals surface area contributed by atoms with Crippen molar-refractivity contribution in [3.63, 3.8) is 0 Å². The summed E-state index contributed by atoms with van der Waals surface area (Å²) in [5.74, 6) is 0.0312. The van der Waals surface area contributed by atoms with Gasteiger partial charge in [-0.1, -0.05) is 6.92 Å². The smallest absolute Gasteiger partial charge is 0.104 e. The average molecular weight is 146 g/mol. The summed E-state index contributed by atoms with van der Waals surface area (Å²) in [5, 5.41) is 18.4. The second kappa shape index (κ2) is 2.86. The standard InChI is InChI=1S/C7H14O3/c1-4-5(2)10-3-6(8)7(4)9/h4-9H,3H2,1-2H3/t4-,5-,6+,7?/m1/s1. The molecule has 0 saturated carbocycles. The van der Waals surface area contributed by atoms with Crippen LogP contribution in [-0.2, 0) is 4.74 Å². The first-order chi connectivity index (χ1) is 4.63. The van der Waals surface area contributed by atoms with E-state index in [0.29, 0.717) is 0 Å². The van der Waals surface area contributed by atoms with E-state index in [0.717, 1.165) is 0 Å². The van der Waals surface area contributed by atoms with Crippen LogP contribution in [0.4, 0.5) is 0 Å². The Labute approximate surface area is 60.6 Å². The van der Waals surface area contributed by atoms with Crippen LogP contribution in [0.1, 0.15) is 13.8 Å². The van der Waals surface area contributed by atoms with Gasteiger partial charge in [0.15, 0.2) is 0 Å². The van der Waals surface area contributed by atoms with Gasteiger partial charge in [0, 0.05) is 5.92 Å². The minimum Gasteiger partial charge on any atom is -0.390 e. The minimum absolute atomic E-state index is 0.0312. The van der Waals surface area contributed by atoms with Gasteiger partial charge in [-0.15, -0.1) is 0 Å². The van der Waals surface area contributed by atoms with E-state index < -0.39 is 12.2 Å². The van der Waals surface area contributed by atoms with Gasteiger partial charge in [0.05, 0.1) is 18.8 Å². The lowest BCUT2D eigenvalue weighted by Gasteiger charge is -2.34. The largest absolute Gasteiger partial charge is 0.390 e. The normalized spacial score (nSPS) is 49.2. The van der Waals surface area contributed by atoms with Gasteiger partial charge in [-0.25, -0.2) is 0 Å². The molecule has 3 heteroatoms. The summed E-state index contributed by atoms with van der Waals surface area (Å²) < 4.78 is 5.16. The first-order valence-electron chi connectivity index (χ1n) is 3.60. The lowest BCUT2D eigenvalue weighted by molar-refractivity contribution is -0.147. The maximum Gasteiger partial charge on any atom is 0.104 e. The highest BCUT2D eigenvalue weighted by atomic mass is 16.5. The van der Waals surface area contributed by atoms with Crippen LogP contribution in [0, 0.1) is 5.92 Å². The molecule has 0 amide bonds. The Bertz CT molecular complexity index is 101. The zero-order valence-electron chi connectivity index (χ0n) is 6.32. The summed E-state index contributed by atoms with van der Waals surface area (Å²) >= 11 is 0. The maximum absolute atomic E-state index is 9.29. The molecule has 2 N–H and O–H groups in total. The molecular formula is C7H14O3. The number of hydrogen-bond acceptors (Lipinski definition) is 3. The zero-order valence-corrected chi connectivity index (χ0v) is 6.32. The third-order valence-electron chi connectivity index (χ3n) is 2.20. The summed E-state index contributed by atoms with van der Waals surface area (Å²) in [4.78, 5) is 0. The SMILES string of the molecule is C[C@H]1OC[C@H](O)C(O)[C@@H]1C. The molecule has 1 aliphatic heterocycles. The molecule has 1 heterocycles. The molecule has 1 rings (SSSR count). The number of aliphatic hydroxyl groups is 2. The maximum atomic E-state index is 9.29. The first kappa shape index (κ1) is 7.98. The summed E-state index contributed by atoms with van der Waals surface area (Å²) in [7, 11) is 0. The number of ether oxygens (including phenoxy) is 1. The second-order valence-corrected chi connectivity index (χ2v) is 2.96. The van der Waals surface area contributed by atoms with E-state index >= 15 is 0 Å². The Morgan fingerprint density at radius 1 is 1.30 bits per heavy atom. The molecule has 60 valence electrons. The Kier molecular flexibility index (Phi) is 2.28. The molecule has 0 spiro atoms. The predicted molar refractivity (Wildman–Crippen MR) is 36.6 cm³/mol. The van der Waals surface area contributed by atoms with Crippen LogP contribution >= 0.6 is 0 Å². The summed E-state index contributed by atoms with van der Waals surface area (Å²) in [6, 6.07) is 0. The molecule has 0 radical (unpaired) electrons. The highest BCUT2D eigenvalue weighted by molar-refractivity contribution is 4.81. The lowest BCUT2D eigenvalue weighted by Crippen LogP contribution is -2.46. The van der Waals surface area contributed by atoms with Crippen molar-refractivity contribution in [3.05, 3.63) is 0 Å². The van der Waals surface area contributed by atoms with Gasteiger partial charge in [-0.2, -0.15) is 0 Å². The molecular weight excluding hydrogens is 132 g/mol. The molecule has 1 aliphatic rings. The van der Waals surface area contributed by atoms with E-state index in [1.807, 2.05) is 13.8 Å². The Morgan fingerprint density at radius 2 is 1.90 bits per heavy atom. The van der Waals surface area contributed by atoms with Crippen molar-refractivity contribution in [2.75, 3.05) is 6.61 Å². The van der Waals surface area contributed by atoms with Crippen molar-refractivity contribution in [1.82, 2.24) is 0 Å². The van der Waals surface area contributed by atoms with E-state index in [9.17, 15) is 5.11 Å². The lowest BCUT2D eigenvalue weighted by atomic mass is 9.93. The molecule has 0 aromatic carbocycles. The van der Waals surface area contributed by atoms with Crippen LogP contribution in [0.3, 0.4) is 0 Å². The fourth-order valence-electron chi connectivity index (χ4n) is 1.13. The number of aliphatic hydroxyl groups excluding tert-OH is 2. The highest BCUT2D eigenvalue weighted by Gasteiger charge is 2.32. The fourth-order valence-corrected chi connectivity index (χ4v) is 1.13. The molecule has 0 aliphatic carbocycles. The average Bonchev–Trinajstić information content (AvgIpc) is 1.93. The molecule has 1 saturated heterocycles. The first-order valence-corrected chi connectivity index (χ1v) is 3.60. The molecule has 10 heavy (non-hydrogen) atoms. The van der Waals surface area contributed by atoms with Crippen molar-refractivity contribution in [2.45, 2.75) is 32.2 Å².